The van der Waals surface area contributed by atoms with Gasteiger partial charge in [-0.05, 0) is 18.1 Å². The predicted octanol–water partition coefficient (Wildman–Crippen LogP) is 6.22. The number of nitrogens with zero attached hydrogens (tertiary/aromatic N) is 2. The van der Waals surface area contributed by atoms with Crippen LogP contribution in [0.3, 0.4) is 0 Å². The molecule has 0 heterocycles. The van der Waals surface area contributed by atoms with Crippen LogP contribution in [-0.4, -0.2) is 0 Å². The van der Waals surface area contributed by atoms with Gasteiger partial charge < -0.3 is 0 Å². The fraction of sp³-hybridized carbons (Fsp3) is 0.0400. The lowest BCUT2D eigenvalue weighted by molar-refractivity contribution is 1.46. The summed E-state index contributed by atoms with van der Waals surface area (Å²) in [5.74, 6) is 0. The monoisotopic (exact) mass is 344 g/mol. The Morgan fingerprint density at radius 1 is 0.667 bits per heavy atom. The van der Waals surface area contributed by atoms with Gasteiger partial charge in [0.1, 0.15) is 12.1 Å². The number of benzene rings is 4. The Labute approximate surface area is 158 Å². The first-order valence-corrected chi connectivity index (χ1v) is 8.75. The minimum Gasteiger partial charge on any atom is -0.192 e. The topological polar surface area (TPSA) is 47.6 Å². The highest BCUT2D eigenvalue weighted by Gasteiger charge is 2.15. The van der Waals surface area contributed by atoms with Crippen molar-refractivity contribution in [3.05, 3.63) is 94.5 Å². The summed E-state index contributed by atoms with van der Waals surface area (Å²) in [6, 6.07) is 26.5. The zero-order valence-electron chi connectivity index (χ0n) is 14.9. The summed E-state index contributed by atoms with van der Waals surface area (Å²) in [5.41, 5.74) is 4.48. The van der Waals surface area contributed by atoms with E-state index in [2.05, 4.69) is 43.3 Å². The molecule has 0 saturated heterocycles. The van der Waals surface area contributed by atoms with Crippen LogP contribution in [0.4, 0.5) is 0 Å². The molecular formula is C25H16N2. The van der Waals surface area contributed by atoms with E-state index in [-0.39, 0.29) is 0 Å². The Kier molecular flexibility index (Phi) is 4.17. The fourth-order valence-electron chi connectivity index (χ4n) is 3.50. The minimum absolute atomic E-state index is 0.615. The maximum absolute atomic E-state index is 9.88. The van der Waals surface area contributed by atoms with E-state index in [4.69, 9.17) is 0 Å². The molecule has 0 aromatic heterocycles. The van der Waals surface area contributed by atoms with Gasteiger partial charge in [0, 0.05) is 21.5 Å². The van der Waals surface area contributed by atoms with E-state index in [1.807, 2.05) is 54.6 Å². The van der Waals surface area contributed by atoms with Crippen molar-refractivity contribution in [2.75, 3.05) is 0 Å². The van der Waals surface area contributed by atoms with Crippen molar-refractivity contribution in [2.24, 2.45) is 0 Å². The van der Waals surface area contributed by atoms with E-state index < -0.39 is 0 Å². The molecular weight excluding hydrogens is 328 g/mol. The maximum atomic E-state index is 9.88. The van der Waals surface area contributed by atoms with Gasteiger partial charge in [-0.3, -0.25) is 0 Å². The number of rotatable bonds is 2. The molecule has 0 fully saturated rings. The predicted molar refractivity (Wildman–Crippen MR) is 111 cm³/mol. The van der Waals surface area contributed by atoms with Crippen LogP contribution >= 0.6 is 0 Å². The summed E-state index contributed by atoms with van der Waals surface area (Å²) in [5, 5.41) is 22.9. The first kappa shape index (κ1) is 16.6. The summed E-state index contributed by atoms with van der Waals surface area (Å²) < 4.78 is 0. The van der Waals surface area contributed by atoms with E-state index in [1.165, 1.54) is 5.56 Å². The molecule has 0 aliphatic carbocycles. The number of hydrogen-bond acceptors (Lipinski definition) is 2. The smallest absolute Gasteiger partial charge is 0.100 e. The van der Waals surface area contributed by atoms with Gasteiger partial charge in [-0.25, -0.2) is 0 Å². The van der Waals surface area contributed by atoms with Crippen LogP contribution in [-0.2, 0) is 0 Å². The molecule has 0 bridgehead atoms. The van der Waals surface area contributed by atoms with Crippen molar-refractivity contribution in [3.8, 4) is 12.1 Å². The summed E-state index contributed by atoms with van der Waals surface area (Å²) >= 11 is 0. The summed E-state index contributed by atoms with van der Waals surface area (Å²) in [6.45, 7) is 2.06. The lowest BCUT2D eigenvalue weighted by Gasteiger charge is -2.11. The average molecular weight is 344 g/mol. The molecule has 0 aliphatic heterocycles. The highest BCUT2D eigenvalue weighted by Crippen LogP contribution is 2.34. The quantitative estimate of drug-likeness (QED) is 0.320. The van der Waals surface area contributed by atoms with E-state index in [0.717, 1.165) is 32.7 Å². The van der Waals surface area contributed by atoms with Crippen molar-refractivity contribution in [1.29, 1.82) is 10.5 Å². The van der Waals surface area contributed by atoms with Gasteiger partial charge >= 0.3 is 0 Å². The first-order chi connectivity index (χ1) is 13.2. The van der Waals surface area contributed by atoms with Crippen LogP contribution in [0.2, 0.25) is 0 Å². The summed E-state index contributed by atoms with van der Waals surface area (Å²) in [4.78, 5) is 0. The van der Waals surface area contributed by atoms with Crippen molar-refractivity contribution in [1.82, 2.24) is 0 Å². The van der Waals surface area contributed by atoms with E-state index in [1.54, 1.807) is 0 Å². The van der Waals surface area contributed by atoms with E-state index in [9.17, 15) is 10.5 Å². The second-order valence-corrected chi connectivity index (χ2v) is 6.53. The molecule has 126 valence electrons. The van der Waals surface area contributed by atoms with Gasteiger partial charge in [-0.2, -0.15) is 10.5 Å². The van der Waals surface area contributed by atoms with Gasteiger partial charge in [-0.1, -0.05) is 84.4 Å². The third-order valence-electron chi connectivity index (χ3n) is 4.84. The van der Waals surface area contributed by atoms with E-state index in [0.29, 0.717) is 11.1 Å². The normalized spacial score (nSPS) is 10.9. The van der Waals surface area contributed by atoms with Crippen LogP contribution in [0.15, 0.2) is 66.7 Å². The molecule has 0 aliphatic rings. The van der Waals surface area contributed by atoms with E-state index >= 15 is 0 Å². The lowest BCUT2D eigenvalue weighted by atomic mass is 9.90. The number of nitriles is 2. The largest absolute Gasteiger partial charge is 0.192 e. The van der Waals surface area contributed by atoms with Gasteiger partial charge in [0.05, 0.1) is 11.1 Å². The van der Waals surface area contributed by atoms with Gasteiger partial charge in [0.15, 0.2) is 0 Å². The number of fused-ring (bicyclic) bond motifs is 2. The molecule has 4 aromatic rings. The Hall–Kier alpha value is -3.88. The molecule has 4 aromatic carbocycles. The molecule has 2 nitrogen and oxygen atoms in total. The van der Waals surface area contributed by atoms with Crippen LogP contribution in [0.1, 0.15) is 27.8 Å². The molecule has 0 radical (unpaired) electrons. The minimum atomic E-state index is 0.615. The first-order valence-electron chi connectivity index (χ1n) is 8.75. The van der Waals surface area contributed by atoms with Gasteiger partial charge in [0.2, 0.25) is 0 Å². The molecule has 0 unspecified atom stereocenters. The highest BCUT2D eigenvalue weighted by atomic mass is 14.3. The Bertz CT molecular complexity index is 1280. The Morgan fingerprint density at radius 2 is 1.30 bits per heavy atom. The van der Waals surface area contributed by atoms with Crippen LogP contribution in [0.25, 0.3) is 33.7 Å². The summed E-state index contributed by atoms with van der Waals surface area (Å²) in [6.07, 6.45) is 4.06. The molecule has 0 atom stereocenters. The molecule has 2 heteroatoms. The fourth-order valence-corrected chi connectivity index (χ4v) is 3.50. The number of hydrogen-bond donors (Lipinski definition) is 0. The van der Waals surface area contributed by atoms with Crippen LogP contribution < -0.4 is 0 Å². The average Bonchev–Trinajstić information content (AvgIpc) is 2.71. The third kappa shape index (κ3) is 2.84. The zero-order chi connectivity index (χ0) is 18.8. The standard InChI is InChI=1S/C25H16N2/c1-17-9-11-18(12-10-17)13-14-19-5-4-8-22-23(15-26)20-6-2-3-7-21(20)24(16-27)25(19)22/h2-14H,1H3. The Morgan fingerprint density at radius 3 is 1.96 bits per heavy atom. The van der Waals surface area contributed by atoms with Crippen LogP contribution in [0.5, 0.6) is 0 Å². The van der Waals surface area contributed by atoms with Crippen molar-refractivity contribution < 1.29 is 0 Å². The van der Waals surface area contributed by atoms with Gasteiger partial charge in [-0.15, -0.1) is 0 Å². The SMILES string of the molecule is Cc1ccc(C=Cc2cccc3c(C#N)c4ccccc4c(C#N)c23)cc1. The molecule has 4 rings (SSSR count). The second-order valence-electron chi connectivity index (χ2n) is 6.53. The second kappa shape index (κ2) is 6.79. The highest BCUT2D eigenvalue weighted by molar-refractivity contribution is 6.12. The van der Waals surface area contributed by atoms with Crippen molar-refractivity contribution in [3.63, 3.8) is 0 Å². The van der Waals surface area contributed by atoms with Crippen LogP contribution in [0, 0.1) is 29.6 Å². The maximum Gasteiger partial charge on any atom is 0.100 e. The Balaban J connectivity index is 2.03. The molecule has 27 heavy (non-hydrogen) atoms. The zero-order valence-corrected chi connectivity index (χ0v) is 14.9. The molecule has 0 spiro atoms. The lowest BCUT2D eigenvalue weighted by Crippen LogP contribution is -1.92. The van der Waals surface area contributed by atoms with Gasteiger partial charge in [0.25, 0.3) is 0 Å². The van der Waals surface area contributed by atoms with Crippen molar-refractivity contribution in [2.45, 2.75) is 6.92 Å². The molecule has 0 amide bonds. The third-order valence-corrected chi connectivity index (χ3v) is 4.84. The molecule has 0 N–H and O–H groups in total. The van der Waals surface area contributed by atoms with Crippen molar-refractivity contribution >= 4 is 33.7 Å². The number of aryl methyl sites for hydroxylation is 1. The summed E-state index contributed by atoms with van der Waals surface area (Å²) in [7, 11) is 0. The molecule has 0 saturated carbocycles.